The first-order valence-electron chi connectivity index (χ1n) is 5.40. The molecule has 0 radical (unpaired) electrons. The fourth-order valence-corrected chi connectivity index (χ4v) is 1.88. The number of hydrogen-bond acceptors (Lipinski definition) is 2. The summed E-state index contributed by atoms with van der Waals surface area (Å²) in [6.45, 7) is 0.904. The molecule has 16 heavy (non-hydrogen) atoms. The number of carbonyl (C=O) groups excluding carboxylic acids is 1. The highest BCUT2D eigenvalue weighted by Crippen LogP contribution is 2.27. The molecule has 0 aromatic heterocycles. The summed E-state index contributed by atoms with van der Waals surface area (Å²) in [5.74, 6) is 1.44. The Hall–Kier alpha value is -0.780. The Labute approximate surface area is 109 Å². The fourth-order valence-electron chi connectivity index (χ4n) is 1.34. The van der Waals surface area contributed by atoms with Crippen LogP contribution in [0.5, 0.6) is 5.75 Å². The molecular formula is C12H14INO2. The van der Waals surface area contributed by atoms with Gasteiger partial charge in [-0.1, -0.05) is 12.1 Å². The van der Waals surface area contributed by atoms with Crippen LogP contribution in [0.25, 0.3) is 0 Å². The Bertz CT molecular complexity index is 377. The van der Waals surface area contributed by atoms with Gasteiger partial charge in [0.1, 0.15) is 5.75 Å². The Morgan fingerprint density at radius 1 is 1.44 bits per heavy atom. The highest BCUT2D eigenvalue weighted by molar-refractivity contribution is 14.1. The Balaban J connectivity index is 1.73. The minimum atomic E-state index is -0.0356. The lowest BCUT2D eigenvalue weighted by Crippen LogP contribution is -2.30. The lowest BCUT2D eigenvalue weighted by molar-refractivity contribution is -0.123. The maximum Gasteiger partial charge on any atom is 0.257 e. The van der Waals surface area contributed by atoms with Crippen molar-refractivity contribution in [3.63, 3.8) is 0 Å². The molecule has 0 saturated heterocycles. The molecule has 0 atom stereocenters. The van der Waals surface area contributed by atoms with Crippen LogP contribution >= 0.6 is 22.6 Å². The SMILES string of the molecule is O=C(COc1ccccc1I)NCC1CC1. The number of nitrogens with one attached hydrogen (secondary N) is 1. The third-order valence-electron chi connectivity index (χ3n) is 2.48. The average molecular weight is 331 g/mol. The van der Waals surface area contributed by atoms with E-state index in [1.807, 2.05) is 24.3 Å². The molecular weight excluding hydrogens is 317 g/mol. The van der Waals surface area contributed by atoms with Crippen molar-refractivity contribution in [3.05, 3.63) is 27.8 Å². The van der Waals surface area contributed by atoms with Crippen LogP contribution in [0, 0.1) is 9.49 Å². The van der Waals surface area contributed by atoms with Crippen molar-refractivity contribution in [1.29, 1.82) is 0 Å². The van der Waals surface area contributed by atoms with Crippen LogP contribution < -0.4 is 10.1 Å². The molecule has 1 fully saturated rings. The van der Waals surface area contributed by atoms with E-state index in [1.165, 1.54) is 12.8 Å². The number of ether oxygens (including phenoxy) is 1. The number of halogens is 1. The lowest BCUT2D eigenvalue weighted by Gasteiger charge is -2.08. The zero-order valence-corrected chi connectivity index (χ0v) is 11.1. The van der Waals surface area contributed by atoms with Crippen molar-refractivity contribution in [2.75, 3.05) is 13.2 Å². The summed E-state index contributed by atoms with van der Waals surface area (Å²) in [5, 5.41) is 2.87. The van der Waals surface area contributed by atoms with Crippen molar-refractivity contribution >= 4 is 28.5 Å². The third-order valence-corrected chi connectivity index (χ3v) is 3.37. The Morgan fingerprint density at radius 2 is 2.19 bits per heavy atom. The van der Waals surface area contributed by atoms with Gasteiger partial charge in [-0.25, -0.2) is 0 Å². The second-order valence-electron chi connectivity index (χ2n) is 3.97. The molecule has 1 aromatic rings. The fraction of sp³-hybridized carbons (Fsp3) is 0.417. The van der Waals surface area contributed by atoms with Crippen molar-refractivity contribution in [2.24, 2.45) is 5.92 Å². The van der Waals surface area contributed by atoms with E-state index in [1.54, 1.807) is 0 Å². The quantitative estimate of drug-likeness (QED) is 0.840. The molecule has 0 unspecified atom stereocenters. The molecule has 2 rings (SSSR count). The van der Waals surface area contributed by atoms with E-state index in [9.17, 15) is 4.79 Å². The molecule has 86 valence electrons. The average Bonchev–Trinajstić information content (AvgIpc) is 3.09. The molecule has 1 aliphatic carbocycles. The summed E-state index contributed by atoms with van der Waals surface area (Å²) in [6, 6.07) is 7.68. The van der Waals surface area contributed by atoms with Gasteiger partial charge in [0.25, 0.3) is 5.91 Å². The molecule has 3 nitrogen and oxygen atoms in total. The van der Waals surface area contributed by atoms with E-state index >= 15 is 0 Å². The van der Waals surface area contributed by atoms with Crippen molar-refractivity contribution in [1.82, 2.24) is 5.32 Å². The molecule has 1 saturated carbocycles. The van der Waals surface area contributed by atoms with Gasteiger partial charge < -0.3 is 10.1 Å². The number of rotatable bonds is 5. The van der Waals surface area contributed by atoms with E-state index in [4.69, 9.17) is 4.74 Å². The smallest absolute Gasteiger partial charge is 0.257 e. The van der Waals surface area contributed by atoms with Gasteiger partial charge in [-0.2, -0.15) is 0 Å². The molecule has 1 amide bonds. The summed E-state index contributed by atoms with van der Waals surface area (Å²) >= 11 is 2.19. The summed E-state index contributed by atoms with van der Waals surface area (Å²) in [4.78, 5) is 11.4. The molecule has 0 aliphatic heterocycles. The van der Waals surface area contributed by atoms with E-state index in [2.05, 4.69) is 27.9 Å². The highest BCUT2D eigenvalue weighted by atomic mass is 127. The van der Waals surface area contributed by atoms with E-state index < -0.39 is 0 Å². The molecule has 1 aliphatic rings. The van der Waals surface area contributed by atoms with Crippen molar-refractivity contribution < 1.29 is 9.53 Å². The van der Waals surface area contributed by atoms with E-state index in [-0.39, 0.29) is 12.5 Å². The zero-order chi connectivity index (χ0) is 11.4. The molecule has 0 spiro atoms. The Morgan fingerprint density at radius 3 is 2.88 bits per heavy atom. The first-order chi connectivity index (χ1) is 7.75. The number of carbonyl (C=O) groups is 1. The van der Waals surface area contributed by atoms with Gasteiger partial charge in [0.05, 0.1) is 3.57 Å². The zero-order valence-electron chi connectivity index (χ0n) is 8.91. The van der Waals surface area contributed by atoms with Crippen molar-refractivity contribution in [2.45, 2.75) is 12.8 Å². The second-order valence-corrected chi connectivity index (χ2v) is 5.13. The summed E-state index contributed by atoms with van der Waals surface area (Å²) in [5.41, 5.74) is 0. The topological polar surface area (TPSA) is 38.3 Å². The standard InChI is InChI=1S/C12H14INO2/c13-10-3-1-2-4-11(10)16-8-12(15)14-7-9-5-6-9/h1-4,9H,5-8H2,(H,14,15). The third kappa shape index (κ3) is 3.66. The maximum absolute atomic E-state index is 11.4. The maximum atomic E-state index is 11.4. The predicted octanol–water partition coefficient (Wildman–Crippen LogP) is 2.20. The van der Waals surface area contributed by atoms with Gasteiger partial charge in [-0.3, -0.25) is 4.79 Å². The number of amides is 1. The second kappa shape index (κ2) is 5.52. The van der Waals surface area contributed by atoms with Crippen LogP contribution in [0.15, 0.2) is 24.3 Å². The van der Waals surface area contributed by atoms with Crippen LogP contribution in [0.2, 0.25) is 0 Å². The molecule has 0 heterocycles. The van der Waals surface area contributed by atoms with Gasteiger partial charge in [0, 0.05) is 6.54 Å². The number of para-hydroxylation sites is 1. The van der Waals surface area contributed by atoms with Crippen LogP contribution in [0.1, 0.15) is 12.8 Å². The molecule has 0 bridgehead atoms. The largest absolute Gasteiger partial charge is 0.483 e. The Kier molecular flexibility index (Phi) is 4.04. The van der Waals surface area contributed by atoms with Gasteiger partial charge in [0.15, 0.2) is 6.61 Å². The van der Waals surface area contributed by atoms with Crippen LogP contribution in [-0.2, 0) is 4.79 Å². The van der Waals surface area contributed by atoms with Crippen LogP contribution in [0.4, 0.5) is 0 Å². The molecule has 1 aromatic carbocycles. The molecule has 4 heteroatoms. The summed E-state index contributed by atoms with van der Waals surface area (Å²) < 4.78 is 6.45. The van der Waals surface area contributed by atoms with Crippen LogP contribution in [-0.4, -0.2) is 19.1 Å². The first kappa shape index (κ1) is 11.7. The molecule has 1 N–H and O–H groups in total. The van der Waals surface area contributed by atoms with E-state index in [0.29, 0.717) is 5.92 Å². The van der Waals surface area contributed by atoms with E-state index in [0.717, 1.165) is 15.9 Å². The number of benzene rings is 1. The normalized spacial score (nSPS) is 14.6. The summed E-state index contributed by atoms with van der Waals surface area (Å²) in [7, 11) is 0. The van der Waals surface area contributed by atoms with Gasteiger partial charge in [0.2, 0.25) is 0 Å². The highest BCUT2D eigenvalue weighted by Gasteiger charge is 2.21. The van der Waals surface area contributed by atoms with Crippen LogP contribution in [0.3, 0.4) is 0 Å². The minimum Gasteiger partial charge on any atom is -0.483 e. The van der Waals surface area contributed by atoms with Crippen molar-refractivity contribution in [3.8, 4) is 5.75 Å². The summed E-state index contributed by atoms with van der Waals surface area (Å²) in [6.07, 6.45) is 2.50. The minimum absolute atomic E-state index is 0.0356. The number of hydrogen-bond donors (Lipinski definition) is 1. The predicted molar refractivity (Wildman–Crippen MR) is 70.4 cm³/mol. The van der Waals surface area contributed by atoms with Gasteiger partial charge in [-0.05, 0) is 53.5 Å². The van der Waals surface area contributed by atoms with Gasteiger partial charge >= 0.3 is 0 Å². The monoisotopic (exact) mass is 331 g/mol. The first-order valence-corrected chi connectivity index (χ1v) is 6.47. The van der Waals surface area contributed by atoms with Gasteiger partial charge in [-0.15, -0.1) is 0 Å². The lowest BCUT2D eigenvalue weighted by atomic mass is 10.3.